The highest BCUT2D eigenvalue weighted by atomic mass is 16.6. The van der Waals surface area contributed by atoms with E-state index in [1.54, 1.807) is 13.0 Å². The summed E-state index contributed by atoms with van der Waals surface area (Å²) in [7, 11) is 0. The number of hydrogen-bond acceptors (Lipinski definition) is 2. The molecule has 2 heteroatoms. The zero-order chi connectivity index (χ0) is 12.8. The molecule has 2 nitrogen and oxygen atoms in total. The van der Waals surface area contributed by atoms with Crippen molar-refractivity contribution in [1.82, 2.24) is 0 Å². The lowest BCUT2D eigenvalue weighted by Gasteiger charge is -2.32. The second kappa shape index (κ2) is 6.51. The Hall–Kier alpha value is -1.05. The summed E-state index contributed by atoms with van der Waals surface area (Å²) in [6.07, 6.45) is 5.18. The van der Waals surface area contributed by atoms with Crippen molar-refractivity contribution in [2.45, 2.75) is 53.1 Å². The van der Waals surface area contributed by atoms with E-state index < -0.39 is 5.60 Å². The van der Waals surface area contributed by atoms with Gasteiger partial charge in [-0.05, 0) is 33.3 Å². The van der Waals surface area contributed by atoms with Gasteiger partial charge in [0.1, 0.15) is 5.60 Å². The number of carbonyl (C=O) groups is 1. The Morgan fingerprint density at radius 2 is 2.06 bits per heavy atom. The van der Waals surface area contributed by atoms with Gasteiger partial charge in [0.2, 0.25) is 0 Å². The molecule has 0 radical (unpaired) electrons. The van der Waals surface area contributed by atoms with Crippen LogP contribution >= 0.6 is 0 Å². The molecule has 0 fully saturated rings. The molecule has 0 amide bonds. The number of carbonyl (C=O) groups excluding carboxylic acids is 1. The van der Waals surface area contributed by atoms with E-state index in [1.807, 2.05) is 6.92 Å². The first-order valence-electron chi connectivity index (χ1n) is 5.84. The summed E-state index contributed by atoms with van der Waals surface area (Å²) in [6.45, 7) is 13.7. The average Bonchev–Trinajstić information content (AvgIpc) is 2.25. The molecule has 2 unspecified atom stereocenters. The molecule has 0 rings (SSSR count). The minimum Gasteiger partial charge on any atom is -0.455 e. The predicted octanol–water partition coefficient (Wildman–Crippen LogP) is 3.88. The van der Waals surface area contributed by atoms with E-state index in [4.69, 9.17) is 4.74 Å². The fraction of sp³-hybridized carbons (Fsp3) is 0.643. The van der Waals surface area contributed by atoms with Gasteiger partial charge < -0.3 is 4.74 Å². The van der Waals surface area contributed by atoms with E-state index in [2.05, 4.69) is 33.4 Å². The van der Waals surface area contributed by atoms with Gasteiger partial charge >= 0.3 is 5.97 Å². The standard InChI is InChI=1S/C14H24O2/c1-7-13(15)16-14(6,8-2)12(5)10-9-11(3)4/h8-9,12H,2,7,10H2,1,3-6H3. The Morgan fingerprint density at radius 3 is 2.44 bits per heavy atom. The van der Waals surface area contributed by atoms with E-state index in [0.717, 1.165) is 6.42 Å². The Kier molecular flexibility index (Phi) is 6.09. The van der Waals surface area contributed by atoms with Crippen molar-refractivity contribution in [2.75, 3.05) is 0 Å². The first-order chi connectivity index (χ1) is 7.35. The molecular formula is C14H24O2. The highest BCUT2D eigenvalue weighted by Crippen LogP contribution is 2.27. The van der Waals surface area contributed by atoms with Gasteiger partial charge in [-0.1, -0.05) is 32.1 Å². The van der Waals surface area contributed by atoms with Crippen LogP contribution in [0.2, 0.25) is 0 Å². The van der Waals surface area contributed by atoms with Crippen LogP contribution in [0.5, 0.6) is 0 Å². The first-order valence-corrected chi connectivity index (χ1v) is 5.84. The molecule has 0 aromatic carbocycles. The highest BCUT2D eigenvalue weighted by molar-refractivity contribution is 5.69. The monoisotopic (exact) mass is 224 g/mol. The summed E-state index contributed by atoms with van der Waals surface area (Å²) in [4.78, 5) is 11.3. The smallest absolute Gasteiger partial charge is 0.306 e. The zero-order valence-corrected chi connectivity index (χ0v) is 11.2. The van der Waals surface area contributed by atoms with Crippen molar-refractivity contribution >= 4 is 5.97 Å². The van der Waals surface area contributed by atoms with Crippen LogP contribution in [-0.2, 0) is 9.53 Å². The fourth-order valence-electron chi connectivity index (χ4n) is 1.31. The van der Waals surface area contributed by atoms with E-state index in [-0.39, 0.29) is 11.9 Å². The van der Waals surface area contributed by atoms with Crippen LogP contribution in [-0.4, -0.2) is 11.6 Å². The number of allylic oxidation sites excluding steroid dienone is 2. The van der Waals surface area contributed by atoms with Gasteiger partial charge in [0, 0.05) is 12.3 Å². The number of ether oxygens (including phenoxy) is 1. The predicted molar refractivity (Wildman–Crippen MR) is 68.2 cm³/mol. The SMILES string of the molecule is C=CC(C)(OC(=O)CC)C(C)CC=C(C)C. The van der Waals surface area contributed by atoms with Crippen molar-refractivity contribution in [3.05, 3.63) is 24.3 Å². The molecule has 0 saturated carbocycles. The summed E-state index contributed by atoms with van der Waals surface area (Å²) in [6, 6.07) is 0. The molecule has 16 heavy (non-hydrogen) atoms. The van der Waals surface area contributed by atoms with Crippen molar-refractivity contribution in [3.8, 4) is 0 Å². The van der Waals surface area contributed by atoms with Crippen molar-refractivity contribution in [1.29, 1.82) is 0 Å². The molecule has 0 saturated heterocycles. The summed E-state index contributed by atoms with van der Waals surface area (Å²) < 4.78 is 5.44. The molecule has 0 aliphatic carbocycles. The van der Waals surface area contributed by atoms with Gasteiger partial charge in [0.05, 0.1) is 0 Å². The molecule has 0 spiro atoms. The minimum atomic E-state index is -0.570. The lowest BCUT2D eigenvalue weighted by atomic mass is 9.87. The van der Waals surface area contributed by atoms with Crippen LogP contribution in [0, 0.1) is 5.92 Å². The minimum absolute atomic E-state index is 0.175. The summed E-state index contributed by atoms with van der Waals surface area (Å²) in [5.74, 6) is 0.0573. The van der Waals surface area contributed by atoms with Gasteiger partial charge in [-0.2, -0.15) is 0 Å². The Bertz CT molecular complexity index is 274. The van der Waals surface area contributed by atoms with Crippen molar-refractivity contribution in [3.63, 3.8) is 0 Å². The van der Waals surface area contributed by atoms with Gasteiger partial charge in [-0.25, -0.2) is 0 Å². The summed E-state index contributed by atoms with van der Waals surface area (Å²) in [5.41, 5.74) is 0.707. The van der Waals surface area contributed by atoms with Crippen LogP contribution in [0.15, 0.2) is 24.3 Å². The Morgan fingerprint density at radius 1 is 1.50 bits per heavy atom. The fourth-order valence-corrected chi connectivity index (χ4v) is 1.31. The molecule has 0 aliphatic heterocycles. The molecule has 0 bridgehead atoms. The molecule has 0 N–H and O–H groups in total. The highest BCUT2D eigenvalue weighted by Gasteiger charge is 2.30. The van der Waals surface area contributed by atoms with Gasteiger partial charge in [0.15, 0.2) is 0 Å². The third kappa shape index (κ3) is 4.65. The molecule has 0 aromatic heterocycles. The summed E-state index contributed by atoms with van der Waals surface area (Å²) >= 11 is 0. The third-order valence-corrected chi connectivity index (χ3v) is 2.89. The molecule has 0 aromatic rings. The second-order valence-corrected chi connectivity index (χ2v) is 4.63. The molecule has 0 heterocycles. The van der Waals surface area contributed by atoms with Crippen molar-refractivity contribution < 1.29 is 9.53 Å². The number of esters is 1. The first kappa shape index (κ1) is 14.9. The quantitative estimate of drug-likeness (QED) is 0.505. The zero-order valence-electron chi connectivity index (χ0n) is 11.2. The van der Waals surface area contributed by atoms with Gasteiger partial charge in [-0.3, -0.25) is 4.79 Å². The summed E-state index contributed by atoms with van der Waals surface area (Å²) in [5, 5.41) is 0. The van der Waals surface area contributed by atoms with Gasteiger partial charge in [-0.15, -0.1) is 0 Å². The van der Waals surface area contributed by atoms with Crippen LogP contribution in [0.1, 0.15) is 47.5 Å². The van der Waals surface area contributed by atoms with E-state index in [0.29, 0.717) is 6.42 Å². The number of rotatable bonds is 6. The molecular weight excluding hydrogens is 200 g/mol. The lowest BCUT2D eigenvalue weighted by Crippen LogP contribution is -2.36. The molecule has 92 valence electrons. The Balaban J connectivity index is 4.61. The molecule has 2 atom stereocenters. The second-order valence-electron chi connectivity index (χ2n) is 4.63. The van der Waals surface area contributed by atoms with E-state index in [9.17, 15) is 4.79 Å². The molecule has 0 aliphatic rings. The van der Waals surface area contributed by atoms with Crippen molar-refractivity contribution in [2.24, 2.45) is 5.92 Å². The average molecular weight is 224 g/mol. The normalized spacial score (nSPS) is 15.8. The maximum Gasteiger partial charge on any atom is 0.306 e. The van der Waals surface area contributed by atoms with Crippen LogP contribution < -0.4 is 0 Å². The van der Waals surface area contributed by atoms with E-state index in [1.165, 1.54) is 5.57 Å². The van der Waals surface area contributed by atoms with Gasteiger partial charge in [0.25, 0.3) is 0 Å². The van der Waals surface area contributed by atoms with Crippen LogP contribution in [0.25, 0.3) is 0 Å². The lowest BCUT2D eigenvalue weighted by molar-refractivity contribution is -0.157. The number of hydrogen-bond donors (Lipinski definition) is 0. The van der Waals surface area contributed by atoms with Crippen LogP contribution in [0.4, 0.5) is 0 Å². The largest absolute Gasteiger partial charge is 0.455 e. The Labute approximate surface area is 99.4 Å². The maximum absolute atomic E-state index is 11.3. The maximum atomic E-state index is 11.3. The topological polar surface area (TPSA) is 26.3 Å². The van der Waals surface area contributed by atoms with E-state index >= 15 is 0 Å². The van der Waals surface area contributed by atoms with Crippen LogP contribution in [0.3, 0.4) is 0 Å². The third-order valence-electron chi connectivity index (χ3n) is 2.89.